The highest BCUT2D eigenvalue weighted by molar-refractivity contribution is 7.92. The van der Waals surface area contributed by atoms with Crippen molar-refractivity contribution >= 4 is 74.7 Å². The van der Waals surface area contributed by atoms with Crippen LogP contribution in [0.4, 0.5) is 13.2 Å². The lowest BCUT2D eigenvalue weighted by molar-refractivity contribution is -0.134. The van der Waals surface area contributed by atoms with Gasteiger partial charge in [-0.15, -0.1) is 11.3 Å². The molecule has 364 valence electrons. The molecule has 0 bridgehead atoms. The Balaban J connectivity index is 1.37. The zero-order chi connectivity index (χ0) is 50.8. The largest absolute Gasteiger partial charge is 0.485 e. The van der Waals surface area contributed by atoms with E-state index in [-0.39, 0.29) is 45.5 Å². The number of hydrogen-bond donors (Lipinski definition) is 4. The van der Waals surface area contributed by atoms with Crippen LogP contribution in [0.15, 0.2) is 64.9 Å². The number of carbonyl (C=O) groups excluding carboxylic acids is 6. The van der Waals surface area contributed by atoms with Crippen LogP contribution in [0.25, 0.3) is 10.1 Å². The minimum absolute atomic E-state index is 0.0944. The summed E-state index contributed by atoms with van der Waals surface area (Å²) in [5.41, 5.74) is -0.594. The van der Waals surface area contributed by atoms with Gasteiger partial charge in [-0.1, -0.05) is 0 Å². The summed E-state index contributed by atoms with van der Waals surface area (Å²) in [5.74, 6) is -11.7. The van der Waals surface area contributed by atoms with Gasteiger partial charge in [0.15, 0.2) is 34.6 Å². The van der Waals surface area contributed by atoms with E-state index in [0.717, 1.165) is 52.0 Å². The number of ether oxygens (including phenoxy) is 6. The number of sulfonamides is 1. The van der Waals surface area contributed by atoms with Gasteiger partial charge >= 0.3 is 31.5 Å². The fraction of sp³-hybridized carbons (Fsp3) is 0.214. The topological polar surface area (TPSA) is 298 Å². The highest BCUT2D eigenvalue weighted by Gasteiger charge is 2.31. The summed E-state index contributed by atoms with van der Waals surface area (Å²) >= 11 is 0.172. The highest BCUT2D eigenvalue weighted by atomic mass is 32.2. The molecular weight excluding hydrogens is 985 g/mol. The van der Waals surface area contributed by atoms with Crippen LogP contribution >= 0.6 is 18.9 Å². The first kappa shape index (κ1) is 52.4. The van der Waals surface area contributed by atoms with Gasteiger partial charge in [0.1, 0.15) is 41.3 Å². The lowest BCUT2D eigenvalue weighted by Gasteiger charge is -2.16. The van der Waals surface area contributed by atoms with E-state index in [9.17, 15) is 51.0 Å². The molecule has 4 aromatic carbocycles. The quantitative estimate of drug-likeness (QED) is 0.0345. The van der Waals surface area contributed by atoms with Gasteiger partial charge in [-0.05, 0) is 54.6 Å². The van der Waals surface area contributed by atoms with Crippen molar-refractivity contribution in [1.82, 2.24) is 15.4 Å². The molecule has 0 saturated carbocycles. The number of thiophene rings is 1. The van der Waals surface area contributed by atoms with E-state index in [4.69, 9.17) is 38.2 Å². The maximum absolute atomic E-state index is 16.4. The van der Waals surface area contributed by atoms with Crippen LogP contribution < -0.4 is 48.3 Å². The van der Waals surface area contributed by atoms with E-state index in [1.807, 2.05) is 0 Å². The van der Waals surface area contributed by atoms with Gasteiger partial charge in [0, 0.05) is 50.3 Å². The molecule has 1 unspecified atom stereocenters. The van der Waals surface area contributed by atoms with Crippen molar-refractivity contribution in [3.63, 3.8) is 0 Å². The Hall–Kier alpha value is -7.56. The Labute approximate surface area is 392 Å². The molecule has 1 atom stereocenters. The van der Waals surface area contributed by atoms with Crippen LogP contribution in [-0.2, 0) is 33.8 Å². The highest BCUT2D eigenvalue weighted by Crippen LogP contribution is 2.45. The molecule has 27 heteroatoms. The summed E-state index contributed by atoms with van der Waals surface area (Å²) in [4.78, 5) is 82.5. The van der Waals surface area contributed by atoms with Gasteiger partial charge in [0.2, 0.25) is 11.5 Å². The van der Waals surface area contributed by atoms with E-state index >= 15 is 8.78 Å². The predicted octanol–water partition coefficient (Wildman–Crippen LogP) is 5.01. The van der Waals surface area contributed by atoms with E-state index in [1.54, 1.807) is 10.8 Å². The molecule has 0 aliphatic carbocycles. The second kappa shape index (κ2) is 22.5. The third-order valence-corrected chi connectivity index (χ3v) is 12.7. The second-order valence-electron chi connectivity index (χ2n) is 13.8. The first-order valence-corrected chi connectivity index (χ1v) is 23.5. The molecule has 0 spiro atoms. The average Bonchev–Trinajstić information content (AvgIpc) is 3.73. The van der Waals surface area contributed by atoms with Gasteiger partial charge in [0.05, 0.1) is 23.4 Å². The lowest BCUT2D eigenvalue weighted by Crippen LogP contribution is -2.29. The summed E-state index contributed by atoms with van der Waals surface area (Å²) in [6.07, 6.45) is -1.31. The zero-order valence-corrected chi connectivity index (χ0v) is 38.7. The van der Waals surface area contributed by atoms with Gasteiger partial charge in [-0.3, -0.25) is 28.8 Å². The first-order chi connectivity index (χ1) is 32.5. The van der Waals surface area contributed by atoms with Crippen molar-refractivity contribution in [2.75, 3.05) is 32.6 Å². The standard InChI is InChI=1S/C42H36F3N4O17PS2/c1-21(50)62-31-9-6-25(15-33(31)64-23(3)52)41(54)47-11-13-60-38-36(44)29-18-35(69(58,59)49-20-67(56,57)66-28-8-5-27(19-46)30(43)17-28)68-40(29)37(45)39(38)61-14-12-48-42(55)26-7-10-32(63-22(2)51)34(16-26)65-24(4)53/h5-10,15-18,49H,11-14,20H2,1-4H3,(H,47,54)(H,48,55)(H,56,57). The number of halogens is 3. The molecule has 1 aromatic heterocycles. The number of hydrogen-bond acceptors (Lipinski definition) is 18. The Morgan fingerprint density at radius 3 is 1.64 bits per heavy atom. The Bertz CT molecular complexity index is 2950. The number of amides is 2. The van der Waals surface area contributed by atoms with Crippen molar-refractivity contribution in [3.8, 4) is 46.3 Å². The van der Waals surface area contributed by atoms with Crippen molar-refractivity contribution in [2.45, 2.75) is 31.9 Å². The zero-order valence-electron chi connectivity index (χ0n) is 36.1. The number of nitrogens with one attached hydrogen (secondary N) is 3. The summed E-state index contributed by atoms with van der Waals surface area (Å²) in [6, 6.07) is 11.8. The van der Waals surface area contributed by atoms with Gasteiger partial charge in [0.25, 0.3) is 21.8 Å². The van der Waals surface area contributed by atoms with Crippen molar-refractivity contribution in [3.05, 3.63) is 94.8 Å². The third-order valence-electron chi connectivity index (χ3n) is 8.47. The van der Waals surface area contributed by atoms with Crippen LogP contribution in [-0.4, -0.2) is 81.6 Å². The van der Waals surface area contributed by atoms with Gasteiger partial charge < -0.3 is 48.5 Å². The van der Waals surface area contributed by atoms with Crippen molar-refractivity contribution in [2.24, 2.45) is 0 Å². The third kappa shape index (κ3) is 14.0. The monoisotopic (exact) mass is 1020 g/mol. The molecule has 2 amide bonds. The molecule has 5 rings (SSSR count). The fourth-order valence-corrected chi connectivity index (χ4v) is 9.61. The number of carbonyl (C=O) groups is 6. The summed E-state index contributed by atoms with van der Waals surface area (Å²) in [7, 11) is -9.77. The molecule has 0 aliphatic heterocycles. The molecule has 4 N–H and O–H groups in total. The van der Waals surface area contributed by atoms with Crippen molar-refractivity contribution < 1.29 is 92.8 Å². The van der Waals surface area contributed by atoms with E-state index in [0.29, 0.717) is 12.1 Å². The number of nitrogens with zero attached hydrogens (tertiary/aromatic N) is 1. The van der Waals surface area contributed by atoms with Gasteiger partial charge in [-0.2, -0.15) is 9.98 Å². The summed E-state index contributed by atoms with van der Waals surface area (Å²) in [6.45, 7) is 2.33. The maximum Gasteiger partial charge on any atom is 0.391 e. The van der Waals surface area contributed by atoms with Crippen LogP contribution in [0.1, 0.15) is 54.0 Å². The molecule has 21 nitrogen and oxygen atoms in total. The molecule has 1 heterocycles. The molecule has 0 aliphatic rings. The Morgan fingerprint density at radius 2 is 1.17 bits per heavy atom. The second-order valence-corrected chi connectivity index (χ2v) is 18.6. The number of rotatable bonds is 20. The summed E-state index contributed by atoms with van der Waals surface area (Å²) in [5, 5.41) is 13.1. The maximum atomic E-state index is 16.4. The predicted molar refractivity (Wildman–Crippen MR) is 232 cm³/mol. The van der Waals surface area contributed by atoms with Crippen LogP contribution in [0.5, 0.6) is 40.2 Å². The first-order valence-electron chi connectivity index (χ1n) is 19.5. The van der Waals surface area contributed by atoms with E-state index < -0.39 is 140 Å². The molecule has 69 heavy (non-hydrogen) atoms. The molecular formula is C42H36F3N4O17PS2. The van der Waals surface area contributed by atoms with Crippen LogP contribution in [0.2, 0.25) is 0 Å². The SMILES string of the molecule is CC(=O)Oc1ccc(C(=O)NCCOc2c(OCCNC(=O)c3ccc(OC(C)=O)c(OC(C)=O)c3)c(F)c3sc(S(=O)(=O)NCP(=O)(O)Oc4ccc(C#N)c(F)c4)cc3c2F)cc1OC(C)=O. The normalized spacial score (nSPS) is 11.9. The van der Waals surface area contributed by atoms with Crippen LogP contribution in [0.3, 0.4) is 0 Å². The van der Waals surface area contributed by atoms with Gasteiger partial charge in [-0.25, -0.2) is 26.2 Å². The molecule has 5 aromatic rings. The number of nitriles is 1. The lowest BCUT2D eigenvalue weighted by atomic mass is 10.2. The van der Waals surface area contributed by atoms with E-state index in [2.05, 4.69) is 10.6 Å². The molecule has 0 fully saturated rings. The van der Waals surface area contributed by atoms with E-state index in [1.165, 1.54) is 24.3 Å². The van der Waals surface area contributed by atoms with Crippen LogP contribution in [0, 0.1) is 28.8 Å². The fourth-order valence-electron chi connectivity index (χ4n) is 5.67. The smallest absolute Gasteiger partial charge is 0.391 e. The molecule has 0 saturated heterocycles. The summed E-state index contributed by atoms with van der Waals surface area (Å²) < 4.78 is 123. The minimum atomic E-state index is -4.92. The number of fused-ring (bicyclic) bond motifs is 1. The average molecular weight is 1020 g/mol. The Morgan fingerprint density at radius 1 is 0.696 bits per heavy atom. The minimum Gasteiger partial charge on any atom is -0.485 e. The number of benzene rings is 4. The van der Waals surface area contributed by atoms with Crippen molar-refractivity contribution in [1.29, 1.82) is 5.26 Å². The Kier molecular flexibility index (Phi) is 17.1. The number of esters is 4. The molecule has 0 radical (unpaired) electrons.